The smallest absolute Gasteiger partial charge is 0.138 e. The van der Waals surface area contributed by atoms with Gasteiger partial charge in [0.25, 0.3) is 0 Å². The molecule has 0 aromatic carbocycles. The van der Waals surface area contributed by atoms with Crippen LogP contribution >= 0.6 is 0 Å². The molecule has 0 amide bonds. The number of hydrogen-bond donors (Lipinski definition) is 1. The fraction of sp³-hybridized carbons (Fsp3) is 0.462. The average Bonchev–Trinajstić information content (AvgIpc) is 2.76. The molecule has 0 unspecified atom stereocenters. The van der Waals surface area contributed by atoms with Crippen molar-refractivity contribution in [2.24, 2.45) is 11.1 Å². The zero-order valence-electron chi connectivity index (χ0n) is 10.7. The summed E-state index contributed by atoms with van der Waals surface area (Å²) in [6.07, 6.45) is 3.80. The quantitative estimate of drug-likeness (QED) is 0.873. The van der Waals surface area contributed by atoms with Gasteiger partial charge in [0, 0.05) is 26.0 Å². The second-order valence-corrected chi connectivity index (χ2v) is 5.26. The van der Waals surface area contributed by atoms with E-state index >= 15 is 0 Å². The lowest BCUT2D eigenvalue weighted by atomic mass is 9.93. The van der Waals surface area contributed by atoms with Crippen molar-refractivity contribution in [2.45, 2.75) is 13.8 Å². The van der Waals surface area contributed by atoms with E-state index in [1.807, 2.05) is 24.5 Å². The molecule has 0 saturated carbocycles. The fourth-order valence-electron chi connectivity index (χ4n) is 2.03. The highest BCUT2D eigenvalue weighted by atomic mass is 15.2. The summed E-state index contributed by atoms with van der Waals surface area (Å²) < 4.78 is 2.09. The number of rotatable bonds is 4. The lowest BCUT2D eigenvalue weighted by Gasteiger charge is -2.30. The van der Waals surface area contributed by atoms with Gasteiger partial charge in [-0.1, -0.05) is 19.9 Å². The maximum atomic E-state index is 5.78. The Morgan fingerprint density at radius 1 is 1.41 bits per heavy atom. The van der Waals surface area contributed by atoms with Crippen LogP contribution in [-0.2, 0) is 0 Å². The Kier molecular flexibility index (Phi) is 3.07. The largest absolute Gasteiger partial charge is 0.360 e. The van der Waals surface area contributed by atoms with Crippen LogP contribution in [0, 0.1) is 5.41 Å². The predicted octanol–water partition coefficient (Wildman–Crippen LogP) is 1.76. The van der Waals surface area contributed by atoms with E-state index in [1.54, 1.807) is 0 Å². The van der Waals surface area contributed by atoms with Gasteiger partial charge in [-0.2, -0.15) is 0 Å². The third-order valence-electron chi connectivity index (χ3n) is 3.02. The molecule has 4 heteroatoms. The first-order valence-electron chi connectivity index (χ1n) is 5.87. The van der Waals surface area contributed by atoms with Gasteiger partial charge in [-0.05, 0) is 24.1 Å². The van der Waals surface area contributed by atoms with Gasteiger partial charge in [0.15, 0.2) is 0 Å². The Labute approximate surface area is 102 Å². The Bertz CT molecular complexity index is 501. The molecule has 0 aliphatic carbocycles. The Morgan fingerprint density at radius 3 is 2.88 bits per heavy atom. The molecule has 0 aliphatic rings. The SMILES string of the molecule is CN(CC(C)(C)CN)c1cccc2nccn12. The van der Waals surface area contributed by atoms with Gasteiger partial charge in [-0.3, -0.25) is 4.40 Å². The molecule has 0 spiro atoms. The van der Waals surface area contributed by atoms with Crippen molar-refractivity contribution in [3.63, 3.8) is 0 Å². The number of nitrogens with zero attached hydrogens (tertiary/aromatic N) is 3. The first-order valence-corrected chi connectivity index (χ1v) is 5.87. The summed E-state index contributed by atoms with van der Waals surface area (Å²) in [5.74, 6) is 1.14. The van der Waals surface area contributed by atoms with Crippen molar-refractivity contribution >= 4 is 11.5 Å². The number of nitrogens with two attached hydrogens (primary N) is 1. The predicted molar refractivity (Wildman–Crippen MR) is 71.3 cm³/mol. The normalized spacial score (nSPS) is 12.0. The van der Waals surface area contributed by atoms with Crippen molar-refractivity contribution in [1.82, 2.24) is 9.38 Å². The summed E-state index contributed by atoms with van der Waals surface area (Å²) in [7, 11) is 2.09. The van der Waals surface area contributed by atoms with Crippen molar-refractivity contribution < 1.29 is 0 Å². The van der Waals surface area contributed by atoms with E-state index in [9.17, 15) is 0 Å². The van der Waals surface area contributed by atoms with E-state index in [2.05, 4.69) is 41.2 Å². The summed E-state index contributed by atoms with van der Waals surface area (Å²) in [5, 5.41) is 0. The first kappa shape index (κ1) is 11.9. The van der Waals surface area contributed by atoms with E-state index in [-0.39, 0.29) is 5.41 Å². The molecule has 4 nitrogen and oxygen atoms in total. The molecular weight excluding hydrogens is 212 g/mol. The second kappa shape index (κ2) is 4.37. The molecule has 0 radical (unpaired) electrons. The highest BCUT2D eigenvalue weighted by Crippen LogP contribution is 2.20. The maximum Gasteiger partial charge on any atom is 0.138 e. The first-order chi connectivity index (χ1) is 8.03. The summed E-state index contributed by atoms with van der Waals surface area (Å²) in [6.45, 7) is 5.95. The molecule has 0 atom stereocenters. The highest BCUT2D eigenvalue weighted by molar-refractivity contribution is 5.51. The molecule has 2 aromatic heterocycles. The Balaban J connectivity index is 2.30. The van der Waals surface area contributed by atoms with E-state index < -0.39 is 0 Å². The van der Waals surface area contributed by atoms with Crippen LogP contribution in [0.15, 0.2) is 30.6 Å². The summed E-state index contributed by atoms with van der Waals surface area (Å²) in [5.41, 5.74) is 6.86. The molecule has 2 rings (SSSR count). The van der Waals surface area contributed by atoms with Gasteiger partial charge in [-0.15, -0.1) is 0 Å². The molecule has 0 fully saturated rings. The number of imidazole rings is 1. The third-order valence-corrected chi connectivity index (χ3v) is 3.02. The summed E-state index contributed by atoms with van der Waals surface area (Å²) in [4.78, 5) is 6.51. The van der Waals surface area contributed by atoms with Crippen molar-refractivity contribution in [3.8, 4) is 0 Å². The molecule has 2 aromatic rings. The number of anilines is 1. The lowest BCUT2D eigenvalue weighted by molar-refractivity contribution is 0.384. The van der Waals surface area contributed by atoms with E-state index in [1.165, 1.54) is 0 Å². The zero-order valence-corrected chi connectivity index (χ0v) is 10.7. The highest BCUT2D eigenvalue weighted by Gasteiger charge is 2.19. The minimum Gasteiger partial charge on any atom is -0.360 e. The standard InChI is InChI=1S/C13H20N4/c1-13(2,9-14)10-16(3)12-6-4-5-11-15-7-8-17(11)12/h4-8H,9-10,14H2,1-3H3. The van der Waals surface area contributed by atoms with Gasteiger partial charge < -0.3 is 10.6 Å². The molecule has 92 valence electrons. The second-order valence-electron chi connectivity index (χ2n) is 5.26. The monoisotopic (exact) mass is 232 g/mol. The minimum absolute atomic E-state index is 0.109. The van der Waals surface area contributed by atoms with Crippen molar-refractivity contribution in [1.29, 1.82) is 0 Å². The van der Waals surface area contributed by atoms with Crippen LogP contribution in [0.3, 0.4) is 0 Å². The number of pyridine rings is 1. The van der Waals surface area contributed by atoms with Crippen LogP contribution in [-0.4, -0.2) is 29.5 Å². The van der Waals surface area contributed by atoms with Gasteiger partial charge in [0.05, 0.1) is 0 Å². The van der Waals surface area contributed by atoms with Gasteiger partial charge in [0.2, 0.25) is 0 Å². The molecule has 0 aliphatic heterocycles. The van der Waals surface area contributed by atoms with Gasteiger partial charge in [-0.25, -0.2) is 4.98 Å². The molecule has 2 heterocycles. The fourth-order valence-corrected chi connectivity index (χ4v) is 2.03. The van der Waals surface area contributed by atoms with E-state index in [4.69, 9.17) is 5.73 Å². The molecule has 17 heavy (non-hydrogen) atoms. The van der Waals surface area contributed by atoms with Crippen molar-refractivity contribution in [2.75, 3.05) is 25.0 Å². The van der Waals surface area contributed by atoms with Crippen LogP contribution in [0.4, 0.5) is 5.82 Å². The Hall–Kier alpha value is -1.55. The van der Waals surface area contributed by atoms with Crippen LogP contribution in [0.5, 0.6) is 0 Å². The molecule has 0 bridgehead atoms. The molecule has 0 saturated heterocycles. The molecular formula is C13H20N4. The van der Waals surface area contributed by atoms with Gasteiger partial charge in [0.1, 0.15) is 11.5 Å². The molecule has 2 N–H and O–H groups in total. The number of hydrogen-bond acceptors (Lipinski definition) is 3. The maximum absolute atomic E-state index is 5.78. The summed E-state index contributed by atoms with van der Waals surface area (Å²) in [6, 6.07) is 6.14. The number of fused-ring (bicyclic) bond motifs is 1. The zero-order chi connectivity index (χ0) is 12.5. The van der Waals surface area contributed by atoms with Crippen LogP contribution in [0.25, 0.3) is 5.65 Å². The lowest BCUT2D eigenvalue weighted by Crippen LogP contribution is -2.37. The van der Waals surface area contributed by atoms with Crippen molar-refractivity contribution in [3.05, 3.63) is 30.6 Å². The van der Waals surface area contributed by atoms with E-state index in [0.717, 1.165) is 18.0 Å². The van der Waals surface area contributed by atoms with E-state index in [0.29, 0.717) is 6.54 Å². The average molecular weight is 232 g/mol. The number of aromatic nitrogens is 2. The Morgan fingerprint density at radius 2 is 2.18 bits per heavy atom. The van der Waals surface area contributed by atoms with Crippen LogP contribution in [0.2, 0.25) is 0 Å². The van der Waals surface area contributed by atoms with Gasteiger partial charge >= 0.3 is 0 Å². The van der Waals surface area contributed by atoms with Crippen LogP contribution in [0.1, 0.15) is 13.8 Å². The van der Waals surface area contributed by atoms with Crippen LogP contribution < -0.4 is 10.6 Å². The summed E-state index contributed by atoms with van der Waals surface area (Å²) >= 11 is 0. The third kappa shape index (κ3) is 2.42. The minimum atomic E-state index is 0.109. The topological polar surface area (TPSA) is 46.6 Å².